The summed E-state index contributed by atoms with van der Waals surface area (Å²) in [6.07, 6.45) is 11.2. The van der Waals surface area contributed by atoms with Crippen molar-refractivity contribution in [2.75, 3.05) is 0 Å². The second-order valence-electron chi connectivity index (χ2n) is 3.23. The molecule has 0 N–H and O–H groups in total. The molecule has 0 bridgehead atoms. The Labute approximate surface area is 74.2 Å². The van der Waals surface area contributed by atoms with Crippen LogP contribution in [-0.2, 0) is 4.79 Å². The summed E-state index contributed by atoms with van der Waals surface area (Å²) >= 11 is 0. The summed E-state index contributed by atoms with van der Waals surface area (Å²) in [7, 11) is 0. The van der Waals surface area contributed by atoms with Gasteiger partial charge < -0.3 is 0 Å². The predicted octanol–water partition coefficient (Wildman–Crippen LogP) is 3.02. The minimum atomic E-state index is 0.289. The van der Waals surface area contributed by atoms with Crippen molar-refractivity contribution >= 4 is 5.78 Å². The van der Waals surface area contributed by atoms with Crippen LogP contribution in [0.5, 0.6) is 0 Å². The van der Waals surface area contributed by atoms with E-state index in [1.54, 1.807) is 6.08 Å². The number of rotatable bonds is 3. The van der Waals surface area contributed by atoms with Gasteiger partial charge in [-0.2, -0.15) is 0 Å². The molecule has 0 aliphatic heterocycles. The third-order valence-electron chi connectivity index (χ3n) is 2.02. The van der Waals surface area contributed by atoms with Crippen molar-refractivity contribution in [1.82, 2.24) is 0 Å². The zero-order chi connectivity index (χ0) is 8.81. The highest BCUT2D eigenvalue weighted by Gasteiger charge is 2.06. The zero-order valence-corrected chi connectivity index (χ0v) is 7.68. The third kappa shape index (κ3) is 3.04. The van der Waals surface area contributed by atoms with E-state index < -0.39 is 0 Å². The lowest BCUT2D eigenvalue weighted by Crippen LogP contribution is -2.00. The lowest BCUT2D eigenvalue weighted by Gasteiger charge is -2.06. The van der Waals surface area contributed by atoms with Crippen molar-refractivity contribution in [3.63, 3.8) is 0 Å². The summed E-state index contributed by atoms with van der Waals surface area (Å²) in [6, 6.07) is 0. The molecular formula is C11H16O. The highest BCUT2D eigenvalue weighted by atomic mass is 16.1. The van der Waals surface area contributed by atoms with Gasteiger partial charge in [-0.25, -0.2) is 0 Å². The molecule has 0 aromatic rings. The maximum absolute atomic E-state index is 11.0. The van der Waals surface area contributed by atoms with Crippen molar-refractivity contribution in [2.24, 2.45) is 0 Å². The Balaban J connectivity index is 2.45. The van der Waals surface area contributed by atoms with Gasteiger partial charge in [0.05, 0.1) is 0 Å². The van der Waals surface area contributed by atoms with Crippen LogP contribution in [0, 0.1) is 0 Å². The van der Waals surface area contributed by atoms with Gasteiger partial charge in [-0.1, -0.05) is 25.5 Å². The van der Waals surface area contributed by atoms with E-state index in [4.69, 9.17) is 0 Å². The molecule has 1 aliphatic rings. The van der Waals surface area contributed by atoms with Crippen molar-refractivity contribution in [3.05, 3.63) is 23.8 Å². The molecule has 0 saturated heterocycles. The zero-order valence-electron chi connectivity index (χ0n) is 7.68. The van der Waals surface area contributed by atoms with Crippen molar-refractivity contribution in [2.45, 2.75) is 39.0 Å². The van der Waals surface area contributed by atoms with E-state index in [9.17, 15) is 4.79 Å². The third-order valence-corrected chi connectivity index (χ3v) is 2.02. The molecule has 12 heavy (non-hydrogen) atoms. The van der Waals surface area contributed by atoms with Gasteiger partial charge >= 0.3 is 0 Å². The second-order valence-corrected chi connectivity index (χ2v) is 3.23. The molecule has 1 aliphatic carbocycles. The molecule has 0 amide bonds. The summed E-state index contributed by atoms with van der Waals surface area (Å²) in [4.78, 5) is 11.0. The average molecular weight is 164 g/mol. The summed E-state index contributed by atoms with van der Waals surface area (Å²) in [5, 5.41) is 0. The summed E-state index contributed by atoms with van der Waals surface area (Å²) in [5.74, 6) is 0.289. The number of carbonyl (C=O) groups is 1. The fraction of sp³-hybridized carbons (Fsp3) is 0.545. The number of allylic oxidation sites excluding steroid dienone is 4. The van der Waals surface area contributed by atoms with E-state index >= 15 is 0 Å². The topological polar surface area (TPSA) is 17.1 Å². The van der Waals surface area contributed by atoms with Crippen LogP contribution in [0.2, 0.25) is 0 Å². The maximum Gasteiger partial charge on any atom is 0.155 e. The predicted molar refractivity (Wildman–Crippen MR) is 51.0 cm³/mol. The molecule has 66 valence electrons. The number of carbonyl (C=O) groups excluding carboxylic acids is 1. The van der Waals surface area contributed by atoms with Crippen LogP contribution in [0.3, 0.4) is 0 Å². The Bertz CT molecular complexity index is 211. The first kappa shape index (κ1) is 9.24. The van der Waals surface area contributed by atoms with E-state index in [-0.39, 0.29) is 5.78 Å². The molecule has 0 heterocycles. The minimum Gasteiger partial charge on any atom is -0.295 e. The van der Waals surface area contributed by atoms with E-state index in [2.05, 4.69) is 19.1 Å². The maximum atomic E-state index is 11.0. The van der Waals surface area contributed by atoms with E-state index in [0.29, 0.717) is 0 Å². The number of hydrogen-bond donors (Lipinski definition) is 0. The largest absolute Gasteiger partial charge is 0.295 e. The second kappa shape index (κ2) is 4.91. The van der Waals surface area contributed by atoms with E-state index in [1.807, 2.05) is 0 Å². The van der Waals surface area contributed by atoms with E-state index in [1.165, 1.54) is 12.0 Å². The van der Waals surface area contributed by atoms with Crippen molar-refractivity contribution in [1.29, 1.82) is 0 Å². The molecule has 1 heteroatoms. The normalized spacial score (nSPS) is 18.4. The number of hydrogen-bond acceptors (Lipinski definition) is 1. The van der Waals surface area contributed by atoms with Gasteiger partial charge in [0, 0.05) is 6.42 Å². The Morgan fingerprint density at radius 2 is 2.33 bits per heavy atom. The SMILES string of the molecule is CCC/C=C/C1=CC(=O)CCC1. The first-order valence-corrected chi connectivity index (χ1v) is 4.73. The molecule has 0 unspecified atom stereocenters. The van der Waals surface area contributed by atoms with Crippen molar-refractivity contribution in [3.8, 4) is 0 Å². The monoisotopic (exact) mass is 164 g/mol. The van der Waals surface area contributed by atoms with Crippen LogP contribution in [0.1, 0.15) is 39.0 Å². The van der Waals surface area contributed by atoms with Crippen LogP contribution in [-0.4, -0.2) is 5.78 Å². The molecule has 1 rings (SSSR count). The summed E-state index contributed by atoms with van der Waals surface area (Å²) < 4.78 is 0. The number of ketones is 1. The highest BCUT2D eigenvalue weighted by Crippen LogP contribution is 2.16. The van der Waals surface area contributed by atoms with Gasteiger partial charge in [-0.3, -0.25) is 4.79 Å². The Hall–Kier alpha value is -0.850. The van der Waals surface area contributed by atoms with Crippen LogP contribution in [0.15, 0.2) is 23.8 Å². The standard InChI is InChI=1S/C11H16O/c1-2-3-4-6-10-7-5-8-11(12)9-10/h4,6,9H,2-3,5,7-8H2,1H3/b6-4+. The van der Waals surface area contributed by atoms with Gasteiger partial charge in [-0.15, -0.1) is 0 Å². The lowest BCUT2D eigenvalue weighted by molar-refractivity contribution is -0.115. The molecular weight excluding hydrogens is 148 g/mol. The summed E-state index contributed by atoms with van der Waals surface area (Å²) in [5.41, 5.74) is 1.21. The molecule has 0 fully saturated rings. The average Bonchev–Trinajstić information content (AvgIpc) is 2.05. The van der Waals surface area contributed by atoms with Crippen LogP contribution < -0.4 is 0 Å². The Kier molecular flexibility index (Phi) is 3.78. The van der Waals surface area contributed by atoms with Crippen LogP contribution >= 0.6 is 0 Å². The first-order chi connectivity index (χ1) is 5.83. The fourth-order valence-electron chi connectivity index (χ4n) is 1.35. The molecule has 0 radical (unpaired) electrons. The molecule has 0 spiro atoms. The summed E-state index contributed by atoms with van der Waals surface area (Å²) in [6.45, 7) is 2.16. The Morgan fingerprint density at radius 3 is 3.00 bits per heavy atom. The van der Waals surface area contributed by atoms with Gasteiger partial charge in [0.1, 0.15) is 0 Å². The van der Waals surface area contributed by atoms with Crippen LogP contribution in [0.25, 0.3) is 0 Å². The lowest BCUT2D eigenvalue weighted by atomic mass is 9.98. The van der Waals surface area contributed by atoms with Crippen LogP contribution in [0.4, 0.5) is 0 Å². The van der Waals surface area contributed by atoms with Gasteiger partial charge in [0.15, 0.2) is 5.78 Å². The first-order valence-electron chi connectivity index (χ1n) is 4.73. The van der Waals surface area contributed by atoms with Gasteiger partial charge in [0.2, 0.25) is 0 Å². The van der Waals surface area contributed by atoms with E-state index in [0.717, 1.165) is 25.7 Å². The Morgan fingerprint density at radius 1 is 1.50 bits per heavy atom. The molecule has 0 aromatic carbocycles. The fourth-order valence-corrected chi connectivity index (χ4v) is 1.35. The molecule has 0 aromatic heterocycles. The quantitative estimate of drug-likeness (QED) is 0.626. The van der Waals surface area contributed by atoms with Crippen molar-refractivity contribution < 1.29 is 4.79 Å². The minimum absolute atomic E-state index is 0.289. The molecule has 0 atom stereocenters. The highest BCUT2D eigenvalue weighted by molar-refractivity contribution is 5.91. The number of unbranched alkanes of at least 4 members (excludes halogenated alkanes) is 1. The molecule has 0 saturated carbocycles. The molecule has 1 nitrogen and oxygen atoms in total. The van der Waals surface area contributed by atoms with Gasteiger partial charge in [-0.05, 0) is 30.9 Å². The smallest absolute Gasteiger partial charge is 0.155 e. The van der Waals surface area contributed by atoms with Gasteiger partial charge in [0.25, 0.3) is 0 Å².